The smallest absolute Gasteiger partial charge is 0.337 e. The number of carbonyl (C=O) groups is 1. The van der Waals surface area contributed by atoms with Gasteiger partial charge in [0.15, 0.2) is 0 Å². The number of methoxy groups -OCH3 is 2. The summed E-state index contributed by atoms with van der Waals surface area (Å²) in [4.78, 5) is 11.2. The first-order valence-corrected chi connectivity index (χ1v) is 6.91. The molecule has 0 bridgehead atoms. The van der Waals surface area contributed by atoms with Gasteiger partial charge in [0.1, 0.15) is 0 Å². The maximum atomic E-state index is 11.6. The molecule has 0 aliphatic heterocycles. The highest BCUT2D eigenvalue weighted by Crippen LogP contribution is 2.11. The molecule has 106 valence electrons. The van der Waals surface area contributed by atoms with Crippen molar-refractivity contribution in [2.45, 2.75) is 0 Å². The van der Waals surface area contributed by atoms with Crippen LogP contribution in [-0.4, -0.2) is 41.8 Å². The fourth-order valence-corrected chi connectivity index (χ4v) is 2.13. The van der Waals surface area contributed by atoms with E-state index in [0.29, 0.717) is 11.3 Å². The second kappa shape index (κ2) is 7.07. The molecule has 0 aliphatic rings. The first-order chi connectivity index (χ1) is 8.98. The van der Waals surface area contributed by atoms with Gasteiger partial charge in [0.25, 0.3) is 10.2 Å². The molecule has 0 radical (unpaired) electrons. The Morgan fingerprint density at radius 2 is 1.84 bits per heavy atom. The second-order valence-electron chi connectivity index (χ2n) is 3.56. The number of rotatable bonds is 7. The van der Waals surface area contributed by atoms with E-state index in [9.17, 15) is 13.2 Å². The molecule has 1 aromatic carbocycles. The summed E-state index contributed by atoms with van der Waals surface area (Å²) < 4.78 is 37.1. The van der Waals surface area contributed by atoms with E-state index in [2.05, 4.69) is 14.2 Å². The maximum absolute atomic E-state index is 11.6. The van der Waals surface area contributed by atoms with E-state index in [-0.39, 0.29) is 13.2 Å². The average molecular weight is 288 g/mol. The SMILES string of the molecule is COCCNS(=O)(=O)Nc1ccc(C(=O)OC)cc1. The van der Waals surface area contributed by atoms with E-state index in [0.717, 1.165) is 0 Å². The number of carbonyl (C=O) groups excluding carboxylic acids is 1. The van der Waals surface area contributed by atoms with Gasteiger partial charge in [-0.3, -0.25) is 4.72 Å². The van der Waals surface area contributed by atoms with Crippen LogP contribution in [0.4, 0.5) is 5.69 Å². The highest BCUT2D eigenvalue weighted by atomic mass is 32.2. The van der Waals surface area contributed by atoms with Crippen LogP contribution in [-0.2, 0) is 19.7 Å². The molecular formula is C11H16N2O5S. The van der Waals surface area contributed by atoms with Gasteiger partial charge in [-0.2, -0.15) is 13.1 Å². The molecule has 19 heavy (non-hydrogen) atoms. The van der Waals surface area contributed by atoms with Crippen molar-refractivity contribution in [2.75, 3.05) is 32.1 Å². The summed E-state index contributed by atoms with van der Waals surface area (Å²) in [6.45, 7) is 0.453. The minimum Gasteiger partial charge on any atom is -0.465 e. The van der Waals surface area contributed by atoms with Gasteiger partial charge in [-0.15, -0.1) is 0 Å². The van der Waals surface area contributed by atoms with Crippen LogP contribution in [0.15, 0.2) is 24.3 Å². The summed E-state index contributed by atoms with van der Waals surface area (Å²) in [5, 5.41) is 0. The number of hydrogen-bond donors (Lipinski definition) is 2. The Hall–Kier alpha value is -1.64. The zero-order valence-corrected chi connectivity index (χ0v) is 11.5. The molecule has 0 fully saturated rings. The van der Waals surface area contributed by atoms with E-state index in [1.165, 1.54) is 38.5 Å². The van der Waals surface area contributed by atoms with Gasteiger partial charge in [0, 0.05) is 19.3 Å². The molecule has 2 N–H and O–H groups in total. The fraction of sp³-hybridized carbons (Fsp3) is 0.364. The standard InChI is InChI=1S/C11H16N2O5S/c1-17-8-7-12-19(15,16)13-10-5-3-9(4-6-10)11(14)18-2/h3-6,12-13H,7-8H2,1-2H3. The van der Waals surface area contributed by atoms with Crippen LogP contribution >= 0.6 is 0 Å². The van der Waals surface area contributed by atoms with E-state index in [4.69, 9.17) is 4.74 Å². The Balaban J connectivity index is 2.64. The second-order valence-corrected chi connectivity index (χ2v) is 5.06. The average Bonchev–Trinajstić information content (AvgIpc) is 2.38. The van der Waals surface area contributed by atoms with Gasteiger partial charge in [0.2, 0.25) is 0 Å². The summed E-state index contributed by atoms with van der Waals surface area (Å²) in [5.74, 6) is -0.479. The summed E-state index contributed by atoms with van der Waals surface area (Å²) in [6.07, 6.45) is 0. The Morgan fingerprint density at radius 3 is 2.37 bits per heavy atom. The topological polar surface area (TPSA) is 93.7 Å². The van der Waals surface area contributed by atoms with Crippen molar-refractivity contribution in [2.24, 2.45) is 0 Å². The third-order valence-corrected chi connectivity index (χ3v) is 3.25. The maximum Gasteiger partial charge on any atom is 0.337 e. The quantitative estimate of drug-likeness (QED) is 0.558. The summed E-state index contributed by atoms with van der Waals surface area (Å²) in [6, 6.07) is 5.89. The number of ether oxygens (including phenoxy) is 2. The molecule has 0 amide bonds. The first kappa shape index (κ1) is 15.4. The minimum atomic E-state index is -3.64. The van der Waals surface area contributed by atoms with Crippen molar-refractivity contribution in [1.82, 2.24) is 4.72 Å². The largest absolute Gasteiger partial charge is 0.465 e. The van der Waals surface area contributed by atoms with Gasteiger partial charge >= 0.3 is 5.97 Å². The van der Waals surface area contributed by atoms with Crippen LogP contribution in [0.25, 0.3) is 0 Å². The van der Waals surface area contributed by atoms with Gasteiger partial charge < -0.3 is 9.47 Å². The number of esters is 1. The molecule has 7 nitrogen and oxygen atoms in total. The highest BCUT2D eigenvalue weighted by molar-refractivity contribution is 7.90. The van der Waals surface area contributed by atoms with Crippen molar-refractivity contribution in [3.63, 3.8) is 0 Å². The zero-order valence-electron chi connectivity index (χ0n) is 10.7. The lowest BCUT2D eigenvalue weighted by atomic mass is 10.2. The Morgan fingerprint density at radius 1 is 1.21 bits per heavy atom. The third kappa shape index (κ3) is 5.25. The van der Waals surface area contributed by atoms with Gasteiger partial charge in [-0.25, -0.2) is 4.79 Å². The molecule has 0 spiro atoms. The molecule has 0 saturated heterocycles. The lowest BCUT2D eigenvalue weighted by molar-refractivity contribution is 0.0601. The number of hydrogen-bond acceptors (Lipinski definition) is 5. The van der Waals surface area contributed by atoms with Gasteiger partial charge in [-0.05, 0) is 24.3 Å². The van der Waals surface area contributed by atoms with Crippen molar-refractivity contribution in [3.8, 4) is 0 Å². The van der Waals surface area contributed by atoms with Crippen LogP contribution < -0.4 is 9.44 Å². The normalized spacial score (nSPS) is 11.1. The number of nitrogens with one attached hydrogen (secondary N) is 2. The fourth-order valence-electron chi connectivity index (χ4n) is 1.26. The van der Waals surface area contributed by atoms with Crippen molar-refractivity contribution in [1.29, 1.82) is 0 Å². The molecule has 0 saturated carbocycles. The van der Waals surface area contributed by atoms with E-state index >= 15 is 0 Å². The molecule has 1 rings (SSSR count). The lowest BCUT2D eigenvalue weighted by Crippen LogP contribution is -2.32. The van der Waals surface area contributed by atoms with Gasteiger partial charge in [0.05, 0.1) is 19.3 Å². The van der Waals surface area contributed by atoms with Crippen LogP contribution in [0.2, 0.25) is 0 Å². The van der Waals surface area contributed by atoms with Crippen molar-refractivity contribution < 1.29 is 22.7 Å². The number of anilines is 1. The molecule has 0 heterocycles. The molecule has 0 atom stereocenters. The van der Waals surface area contributed by atoms with E-state index in [1.807, 2.05) is 0 Å². The summed E-state index contributed by atoms with van der Waals surface area (Å²) >= 11 is 0. The first-order valence-electron chi connectivity index (χ1n) is 5.43. The lowest BCUT2D eigenvalue weighted by Gasteiger charge is -2.09. The monoisotopic (exact) mass is 288 g/mol. The Kier molecular flexibility index (Phi) is 5.74. The highest BCUT2D eigenvalue weighted by Gasteiger charge is 2.10. The third-order valence-electron chi connectivity index (χ3n) is 2.16. The van der Waals surface area contributed by atoms with Crippen LogP contribution in [0, 0.1) is 0 Å². The molecular weight excluding hydrogens is 272 g/mol. The molecule has 0 unspecified atom stereocenters. The predicted octanol–water partition coefficient (Wildman–Crippen LogP) is 0.366. The van der Waals surface area contributed by atoms with E-state index < -0.39 is 16.2 Å². The zero-order chi connectivity index (χ0) is 14.3. The molecule has 0 aromatic heterocycles. The van der Waals surface area contributed by atoms with Crippen molar-refractivity contribution >= 4 is 21.9 Å². The van der Waals surface area contributed by atoms with Crippen LogP contribution in [0.3, 0.4) is 0 Å². The molecule has 8 heteroatoms. The minimum absolute atomic E-state index is 0.173. The Labute approximate surface area is 112 Å². The molecule has 0 aliphatic carbocycles. The van der Waals surface area contributed by atoms with Crippen LogP contribution in [0.5, 0.6) is 0 Å². The Bertz CT molecular complexity index is 512. The summed E-state index contributed by atoms with van der Waals surface area (Å²) in [5.41, 5.74) is 0.690. The van der Waals surface area contributed by atoms with E-state index in [1.54, 1.807) is 0 Å². The van der Waals surface area contributed by atoms with Crippen LogP contribution in [0.1, 0.15) is 10.4 Å². The summed E-state index contributed by atoms with van der Waals surface area (Å²) in [7, 11) is -0.886. The predicted molar refractivity (Wildman–Crippen MR) is 70.2 cm³/mol. The molecule has 1 aromatic rings. The number of benzene rings is 1. The van der Waals surface area contributed by atoms with Crippen molar-refractivity contribution in [3.05, 3.63) is 29.8 Å². The van der Waals surface area contributed by atoms with Gasteiger partial charge in [-0.1, -0.05) is 0 Å².